The van der Waals surface area contributed by atoms with E-state index in [0.717, 1.165) is 27.4 Å². The van der Waals surface area contributed by atoms with Crippen LogP contribution < -0.4 is 9.64 Å². The van der Waals surface area contributed by atoms with Gasteiger partial charge in [-0.25, -0.2) is 4.98 Å². The normalized spacial score (nSPS) is 11.5. The van der Waals surface area contributed by atoms with Gasteiger partial charge in [0.2, 0.25) is 0 Å². The maximum Gasteiger partial charge on any atom is 0.260 e. The molecule has 6 nitrogen and oxygen atoms in total. The number of hydrogen-bond donors (Lipinski definition) is 0. The molecule has 34 heavy (non-hydrogen) atoms. The van der Waals surface area contributed by atoms with Crippen LogP contribution in [0.15, 0.2) is 48.5 Å². The molecule has 0 unspecified atom stereocenters. The third-order valence-electron chi connectivity index (χ3n) is 5.65. The summed E-state index contributed by atoms with van der Waals surface area (Å²) in [5.41, 5.74) is 4.82. The van der Waals surface area contributed by atoms with E-state index in [1.54, 1.807) is 16.2 Å². The van der Waals surface area contributed by atoms with E-state index >= 15 is 0 Å². The maximum absolute atomic E-state index is 13.7. The van der Waals surface area contributed by atoms with Crippen LogP contribution in [0.2, 0.25) is 0 Å². The number of rotatable bonds is 8. The Morgan fingerprint density at radius 3 is 2.44 bits per heavy atom. The Hall–Kier alpha value is -3.19. The summed E-state index contributed by atoms with van der Waals surface area (Å²) < 4.78 is 8.78. The van der Waals surface area contributed by atoms with Crippen molar-refractivity contribution in [2.24, 2.45) is 0 Å². The minimum atomic E-state index is -0.0808. The van der Waals surface area contributed by atoms with Crippen molar-refractivity contribution >= 4 is 32.6 Å². The molecule has 4 rings (SSSR count). The summed E-state index contributed by atoms with van der Waals surface area (Å²) in [5, 5.41) is 5.28. The van der Waals surface area contributed by atoms with E-state index in [0.29, 0.717) is 29.7 Å². The number of amides is 1. The second-order valence-corrected chi connectivity index (χ2v) is 10.2. The molecular weight excluding hydrogens is 444 g/mol. The molecule has 7 heteroatoms. The van der Waals surface area contributed by atoms with Crippen molar-refractivity contribution in [1.29, 1.82) is 0 Å². The lowest BCUT2D eigenvalue weighted by atomic mass is 10.0. The van der Waals surface area contributed by atoms with Crippen LogP contribution in [-0.2, 0) is 6.54 Å². The molecule has 0 N–H and O–H groups in total. The lowest BCUT2D eigenvalue weighted by Crippen LogP contribution is -2.34. The van der Waals surface area contributed by atoms with Crippen molar-refractivity contribution in [1.82, 2.24) is 14.8 Å². The smallest absolute Gasteiger partial charge is 0.260 e. The number of aromatic nitrogens is 3. The van der Waals surface area contributed by atoms with Gasteiger partial charge in [-0.05, 0) is 75.6 Å². The van der Waals surface area contributed by atoms with Crippen LogP contribution in [0.3, 0.4) is 0 Å². The molecule has 2 aromatic carbocycles. The Labute approximate surface area is 205 Å². The fourth-order valence-electron chi connectivity index (χ4n) is 4.02. The maximum atomic E-state index is 13.7. The van der Waals surface area contributed by atoms with Crippen LogP contribution in [0.1, 0.15) is 60.9 Å². The number of hydrogen-bond acceptors (Lipinski definition) is 5. The number of anilines is 1. The molecule has 4 aromatic rings. The van der Waals surface area contributed by atoms with Gasteiger partial charge in [-0.15, -0.1) is 0 Å². The summed E-state index contributed by atoms with van der Waals surface area (Å²) in [6.45, 7) is 13.4. The predicted molar refractivity (Wildman–Crippen MR) is 139 cm³/mol. The lowest BCUT2D eigenvalue weighted by molar-refractivity contribution is 0.0985. The monoisotopic (exact) mass is 476 g/mol. The van der Waals surface area contributed by atoms with Gasteiger partial charge in [0.05, 0.1) is 28.6 Å². The first-order valence-corrected chi connectivity index (χ1v) is 12.5. The van der Waals surface area contributed by atoms with Gasteiger partial charge in [-0.1, -0.05) is 37.3 Å². The molecule has 0 aliphatic rings. The van der Waals surface area contributed by atoms with Crippen molar-refractivity contribution in [3.8, 4) is 5.75 Å². The van der Waals surface area contributed by atoms with Crippen molar-refractivity contribution in [3.63, 3.8) is 0 Å². The Morgan fingerprint density at radius 2 is 1.82 bits per heavy atom. The second-order valence-electron chi connectivity index (χ2n) is 9.14. The third-order valence-corrected chi connectivity index (χ3v) is 6.69. The molecule has 0 spiro atoms. The number of carbonyl (C=O) groups is 1. The molecule has 2 heterocycles. The molecule has 2 aromatic heterocycles. The van der Waals surface area contributed by atoms with Gasteiger partial charge in [-0.3, -0.25) is 14.4 Å². The summed E-state index contributed by atoms with van der Waals surface area (Å²) in [6, 6.07) is 15.6. The average Bonchev–Trinajstić information content (AvgIpc) is 3.35. The van der Waals surface area contributed by atoms with Crippen molar-refractivity contribution in [2.45, 2.75) is 60.1 Å². The number of thiazole rings is 1. The zero-order valence-corrected chi connectivity index (χ0v) is 21.5. The minimum Gasteiger partial charge on any atom is -0.491 e. The van der Waals surface area contributed by atoms with Crippen molar-refractivity contribution in [2.75, 3.05) is 11.4 Å². The highest BCUT2D eigenvalue weighted by Crippen LogP contribution is 2.34. The topological polar surface area (TPSA) is 60.2 Å². The summed E-state index contributed by atoms with van der Waals surface area (Å²) in [7, 11) is 0. The highest BCUT2D eigenvalue weighted by Gasteiger charge is 2.23. The standard InChI is InChI=1S/C27H32N4O2S/c1-17(2)23-8-7-9-24-25(23)28-27(34-24)30(14-15-31-20(6)16-19(5)29-31)26(32)21-10-12-22(13-11-21)33-18(3)4/h7-13,16-18H,14-15H2,1-6H3. The first-order valence-electron chi connectivity index (χ1n) is 11.7. The molecule has 0 saturated heterocycles. The van der Waals surface area contributed by atoms with Crippen LogP contribution in [0.5, 0.6) is 5.75 Å². The van der Waals surface area contributed by atoms with Gasteiger partial charge in [-0.2, -0.15) is 5.10 Å². The molecule has 0 saturated carbocycles. The summed E-state index contributed by atoms with van der Waals surface area (Å²) in [5.74, 6) is 1.02. The highest BCUT2D eigenvalue weighted by atomic mass is 32.1. The predicted octanol–water partition coefficient (Wildman–Crippen LogP) is 6.37. The second kappa shape index (κ2) is 9.97. The average molecular weight is 477 g/mol. The molecule has 178 valence electrons. The number of carbonyl (C=O) groups excluding carboxylic acids is 1. The van der Waals surface area contributed by atoms with E-state index in [-0.39, 0.29) is 12.0 Å². The summed E-state index contributed by atoms with van der Waals surface area (Å²) in [4.78, 5) is 20.4. The van der Waals surface area contributed by atoms with Gasteiger partial charge in [0, 0.05) is 17.8 Å². The first-order chi connectivity index (χ1) is 16.2. The van der Waals surface area contributed by atoms with Gasteiger partial charge in [0.15, 0.2) is 5.13 Å². The molecule has 0 atom stereocenters. The lowest BCUT2D eigenvalue weighted by Gasteiger charge is -2.21. The van der Waals surface area contributed by atoms with Crippen LogP contribution in [0.4, 0.5) is 5.13 Å². The summed E-state index contributed by atoms with van der Waals surface area (Å²) >= 11 is 1.56. The quantitative estimate of drug-likeness (QED) is 0.297. The van der Waals surface area contributed by atoms with Crippen LogP contribution in [0, 0.1) is 13.8 Å². The van der Waals surface area contributed by atoms with E-state index in [9.17, 15) is 4.79 Å². The highest BCUT2D eigenvalue weighted by molar-refractivity contribution is 7.22. The summed E-state index contributed by atoms with van der Waals surface area (Å²) in [6.07, 6.45) is 0.0803. The fourth-order valence-corrected chi connectivity index (χ4v) is 5.05. The van der Waals surface area contributed by atoms with E-state index < -0.39 is 0 Å². The van der Waals surface area contributed by atoms with Gasteiger partial charge in [0.25, 0.3) is 5.91 Å². The van der Waals surface area contributed by atoms with E-state index in [4.69, 9.17) is 9.72 Å². The van der Waals surface area contributed by atoms with Crippen LogP contribution >= 0.6 is 11.3 Å². The zero-order chi connectivity index (χ0) is 24.4. The largest absolute Gasteiger partial charge is 0.491 e. The zero-order valence-electron chi connectivity index (χ0n) is 20.7. The molecule has 0 radical (unpaired) electrons. The Balaban J connectivity index is 1.69. The number of benzene rings is 2. The van der Waals surface area contributed by atoms with Crippen LogP contribution in [0.25, 0.3) is 10.2 Å². The number of para-hydroxylation sites is 1. The minimum absolute atomic E-state index is 0.0803. The third kappa shape index (κ3) is 5.14. The molecule has 0 fully saturated rings. The fraction of sp³-hybridized carbons (Fsp3) is 0.370. The van der Waals surface area contributed by atoms with Crippen molar-refractivity contribution in [3.05, 3.63) is 71.0 Å². The Morgan fingerprint density at radius 1 is 1.09 bits per heavy atom. The molecule has 0 aliphatic heterocycles. The molecule has 0 aliphatic carbocycles. The van der Waals surface area contributed by atoms with E-state index in [1.165, 1.54) is 5.56 Å². The van der Waals surface area contributed by atoms with Gasteiger partial charge < -0.3 is 4.74 Å². The SMILES string of the molecule is Cc1cc(C)n(CCN(C(=O)c2ccc(OC(C)C)cc2)c2nc3c(C(C)C)cccc3s2)n1. The molecule has 1 amide bonds. The number of aryl methyl sites for hydroxylation is 2. The van der Waals surface area contributed by atoms with Gasteiger partial charge >= 0.3 is 0 Å². The van der Waals surface area contributed by atoms with Gasteiger partial charge in [0.1, 0.15) is 5.75 Å². The van der Waals surface area contributed by atoms with Crippen LogP contribution in [-0.4, -0.2) is 33.3 Å². The number of nitrogens with zero attached hydrogens (tertiary/aromatic N) is 4. The Bertz CT molecular complexity index is 1290. The Kier molecular flexibility index (Phi) is 7.03. The number of fused-ring (bicyclic) bond motifs is 1. The molecular formula is C27H32N4O2S. The number of ether oxygens (including phenoxy) is 1. The molecule has 0 bridgehead atoms. The van der Waals surface area contributed by atoms with E-state index in [2.05, 4.69) is 37.1 Å². The van der Waals surface area contributed by atoms with Crippen molar-refractivity contribution < 1.29 is 9.53 Å². The first kappa shape index (κ1) is 24.0. The van der Waals surface area contributed by atoms with E-state index in [1.807, 2.05) is 62.7 Å².